The zero-order valence-electron chi connectivity index (χ0n) is 13.5. The molecule has 0 heterocycles. The lowest BCUT2D eigenvalue weighted by molar-refractivity contribution is -0.115. The van der Waals surface area contributed by atoms with E-state index in [1.807, 2.05) is 36.4 Å². The van der Waals surface area contributed by atoms with Gasteiger partial charge in [0, 0.05) is 16.8 Å². The second kappa shape index (κ2) is 8.59. The fourth-order valence-electron chi connectivity index (χ4n) is 2.07. The van der Waals surface area contributed by atoms with Crippen molar-refractivity contribution < 1.29 is 9.53 Å². The molecule has 2 aromatic carbocycles. The SMILES string of the molecule is CC(C)CCOc1cccc(NC(=O)Cc2ccc(Cl)cc2)c1. The van der Waals surface area contributed by atoms with Crippen LogP contribution in [0.15, 0.2) is 48.5 Å². The van der Waals surface area contributed by atoms with Crippen LogP contribution in [0, 0.1) is 5.92 Å². The van der Waals surface area contributed by atoms with E-state index in [1.165, 1.54) is 0 Å². The average Bonchev–Trinajstić information content (AvgIpc) is 2.49. The molecule has 3 nitrogen and oxygen atoms in total. The van der Waals surface area contributed by atoms with Gasteiger partial charge in [0.25, 0.3) is 0 Å². The van der Waals surface area contributed by atoms with Crippen LogP contribution in [-0.4, -0.2) is 12.5 Å². The molecule has 0 spiro atoms. The summed E-state index contributed by atoms with van der Waals surface area (Å²) in [4.78, 5) is 12.1. The number of carbonyl (C=O) groups is 1. The van der Waals surface area contributed by atoms with Crippen molar-refractivity contribution >= 4 is 23.2 Å². The Morgan fingerprint density at radius 1 is 1.17 bits per heavy atom. The molecule has 1 N–H and O–H groups in total. The number of hydrogen-bond donors (Lipinski definition) is 1. The molecule has 0 aromatic heterocycles. The standard InChI is InChI=1S/C19H22ClNO2/c1-14(2)10-11-23-18-5-3-4-17(13-18)21-19(22)12-15-6-8-16(20)9-7-15/h3-9,13-14H,10-12H2,1-2H3,(H,21,22). The molecule has 0 saturated carbocycles. The number of nitrogens with one attached hydrogen (secondary N) is 1. The molecule has 4 heteroatoms. The number of hydrogen-bond acceptors (Lipinski definition) is 2. The summed E-state index contributed by atoms with van der Waals surface area (Å²) in [5.74, 6) is 1.32. The Hall–Kier alpha value is -2.00. The third-order valence-electron chi connectivity index (χ3n) is 3.36. The van der Waals surface area contributed by atoms with E-state index in [4.69, 9.17) is 16.3 Å². The van der Waals surface area contributed by atoms with Crippen LogP contribution in [0.5, 0.6) is 5.75 Å². The maximum atomic E-state index is 12.1. The lowest BCUT2D eigenvalue weighted by Gasteiger charge is -2.10. The van der Waals surface area contributed by atoms with E-state index >= 15 is 0 Å². The van der Waals surface area contributed by atoms with Gasteiger partial charge in [-0.05, 0) is 42.2 Å². The lowest BCUT2D eigenvalue weighted by atomic mass is 10.1. The first-order chi connectivity index (χ1) is 11.0. The molecular formula is C19H22ClNO2. The average molecular weight is 332 g/mol. The Kier molecular flexibility index (Phi) is 6.48. The molecule has 1 amide bonds. The van der Waals surface area contributed by atoms with E-state index in [-0.39, 0.29) is 5.91 Å². The molecule has 0 aliphatic heterocycles. The predicted molar refractivity (Wildman–Crippen MR) is 95.2 cm³/mol. The number of rotatable bonds is 7. The first-order valence-electron chi connectivity index (χ1n) is 7.80. The topological polar surface area (TPSA) is 38.3 Å². The number of ether oxygens (including phenoxy) is 1. The maximum absolute atomic E-state index is 12.1. The van der Waals surface area contributed by atoms with Crippen molar-refractivity contribution in [3.05, 3.63) is 59.1 Å². The van der Waals surface area contributed by atoms with Gasteiger partial charge >= 0.3 is 0 Å². The minimum atomic E-state index is -0.0633. The van der Waals surface area contributed by atoms with Crippen LogP contribution in [0.1, 0.15) is 25.8 Å². The minimum Gasteiger partial charge on any atom is -0.494 e. The van der Waals surface area contributed by atoms with E-state index in [0.29, 0.717) is 24.0 Å². The van der Waals surface area contributed by atoms with Crippen LogP contribution >= 0.6 is 11.6 Å². The van der Waals surface area contributed by atoms with Crippen LogP contribution in [0.25, 0.3) is 0 Å². The van der Waals surface area contributed by atoms with Gasteiger partial charge in [-0.15, -0.1) is 0 Å². The van der Waals surface area contributed by atoms with Crippen molar-refractivity contribution in [2.24, 2.45) is 5.92 Å². The Bertz CT molecular complexity index is 638. The van der Waals surface area contributed by atoms with Gasteiger partial charge < -0.3 is 10.1 Å². The molecule has 0 aliphatic carbocycles. The number of anilines is 1. The van der Waals surface area contributed by atoms with Crippen LogP contribution in [0.4, 0.5) is 5.69 Å². The fourth-order valence-corrected chi connectivity index (χ4v) is 2.19. The highest BCUT2D eigenvalue weighted by molar-refractivity contribution is 6.30. The van der Waals surface area contributed by atoms with Crippen LogP contribution in [-0.2, 0) is 11.2 Å². The van der Waals surface area contributed by atoms with Crippen molar-refractivity contribution in [2.75, 3.05) is 11.9 Å². The maximum Gasteiger partial charge on any atom is 0.228 e. The highest BCUT2D eigenvalue weighted by Crippen LogP contribution is 2.18. The van der Waals surface area contributed by atoms with Gasteiger partial charge in [-0.2, -0.15) is 0 Å². The highest BCUT2D eigenvalue weighted by Gasteiger charge is 2.05. The monoisotopic (exact) mass is 331 g/mol. The molecule has 2 aromatic rings. The molecule has 0 atom stereocenters. The van der Waals surface area contributed by atoms with Gasteiger partial charge in [-0.1, -0.05) is 43.6 Å². The number of amides is 1. The van der Waals surface area contributed by atoms with E-state index in [0.717, 1.165) is 23.4 Å². The van der Waals surface area contributed by atoms with E-state index in [2.05, 4.69) is 19.2 Å². The van der Waals surface area contributed by atoms with Crippen molar-refractivity contribution in [3.8, 4) is 5.75 Å². The Labute approximate surface area is 142 Å². The third kappa shape index (κ3) is 6.33. The van der Waals surface area contributed by atoms with Crippen molar-refractivity contribution in [2.45, 2.75) is 26.7 Å². The summed E-state index contributed by atoms with van der Waals surface area (Å²) >= 11 is 5.84. The van der Waals surface area contributed by atoms with E-state index < -0.39 is 0 Å². The molecule has 23 heavy (non-hydrogen) atoms. The van der Waals surface area contributed by atoms with Gasteiger partial charge in [0.05, 0.1) is 13.0 Å². The quantitative estimate of drug-likeness (QED) is 0.779. The van der Waals surface area contributed by atoms with Crippen molar-refractivity contribution in [3.63, 3.8) is 0 Å². The summed E-state index contributed by atoms with van der Waals surface area (Å²) < 4.78 is 5.70. The highest BCUT2D eigenvalue weighted by atomic mass is 35.5. The predicted octanol–water partition coefficient (Wildman–Crippen LogP) is 4.95. The van der Waals surface area contributed by atoms with E-state index in [1.54, 1.807) is 12.1 Å². The Morgan fingerprint density at radius 3 is 2.61 bits per heavy atom. The van der Waals surface area contributed by atoms with Gasteiger partial charge in [0.15, 0.2) is 0 Å². The minimum absolute atomic E-state index is 0.0633. The molecular weight excluding hydrogens is 310 g/mol. The molecule has 0 unspecified atom stereocenters. The summed E-state index contributed by atoms with van der Waals surface area (Å²) in [6.07, 6.45) is 1.32. The van der Waals surface area contributed by atoms with Gasteiger partial charge in [0.2, 0.25) is 5.91 Å². The van der Waals surface area contributed by atoms with Crippen molar-refractivity contribution in [1.82, 2.24) is 0 Å². The van der Waals surface area contributed by atoms with E-state index in [9.17, 15) is 4.79 Å². The first kappa shape index (κ1) is 17.4. The zero-order valence-corrected chi connectivity index (χ0v) is 14.3. The summed E-state index contributed by atoms with van der Waals surface area (Å²) in [6, 6.07) is 14.8. The molecule has 0 radical (unpaired) electrons. The summed E-state index contributed by atoms with van der Waals surface area (Å²) in [6.45, 7) is 5.01. The van der Waals surface area contributed by atoms with Crippen LogP contribution in [0.3, 0.4) is 0 Å². The Balaban J connectivity index is 1.89. The summed E-state index contributed by atoms with van der Waals surface area (Å²) in [5.41, 5.74) is 1.67. The molecule has 122 valence electrons. The lowest BCUT2D eigenvalue weighted by Crippen LogP contribution is -2.14. The van der Waals surface area contributed by atoms with Gasteiger partial charge in [-0.3, -0.25) is 4.79 Å². The summed E-state index contributed by atoms with van der Waals surface area (Å²) in [7, 11) is 0. The van der Waals surface area contributed by atoms with Gasteiger partial charge in [0.1, 0.15) is 5.75 Å². The van der Waals surface area contributed by atoms with Crippen molar-refractivity contribution in [1.29, 1.82) is 0 Å². The number of carbonyl (C=O) groups excluding carboxylic acids is 1. The second-order valence-electron chi connectivity index (χ2n) is 5.91. The largest absolute Gasteiger partial charge is 0.494 e. The normalized spacial score (nSPS) is 10.6. The summed E-state index contributed by atoms with van der Waals surface area (Å²) in [5, 5.41) is 3.56. The smallest absolute Gasteiger partial charge is 0.228 e. The molecule has 0 bridgehead atoms. The number of halogens is 1. The zero-order chi connectivity index (χ0) is 16.7. The number of benzene rings is 2. The molecule has 0 aliphatic rings. The van der Waals surface area contributed by atoms with Gasteiger partial charge in [-0.25, -0.2) is 0 Å². The molecule has 2 rings (SSSR count). The van der Waals surface area contributed by atoms with Crippen LogP contribution < -0.4 is 10.1 Å². The first-order valence-corrected chi connectivity index (χ1v) is 8.18. The molecule has 0 saturated heterocycles. The Morgan fingerprint density at radius 2 is 1.91 bits per heavy atom. The third-order valence-corrected chi connectivity index (χ3v) is 3.61. The second-order valence-corrected chi connectivity index (χ2v) is 6.35. The molecule has 0 fully saturated rings. The van der Waals surface area contributed by atoms with Crippen LogP contribution in [0.2, 0.25) is 5.02 Å². The fraction of sp³-hybridized carbons (Fsp3) is 0.316.